The Morgan fingerprint density at radius 2 is 1.68 bits per heavy atom. The normalized spacial score (nSPS) is 11.5. The molecular formula is C16H18N8O. The van der Waals surface area contributed by atoms with E-state index in [4.69, 9.17) is 21.9 Å². The summed E-state index contributed by atoms with van der Waals surface area (Å²) < 4.78 is 5.15. The summed E-state index contributed by atoms with van der Waals surface area (Å²) in [6.45, 7) is 1.90. The molecule has 0 unspecified atom stereocenters. The van der Waals surface area contributed by atoms with Gasteiger partial charge in [-0.3, -0.25) is 0 Å². The lowest BCUT2D eigenvalue weighted by atomic mass is 10.2. The number of rotatable bonds is 3. The highest BCUT2D eigenvalue weighted by molar-refractivity contribution is 5.94. The number of hydrogen-bond acceptors (Lipinski definition) is 4. The van der Waals surface area contributed by atoms with Crippen LogP contribution in [0.5, 0.6) is 5.75 Å². The van der Waals surface area contributed by atoms with Crippen molar-refractivity contribution in [2.45, 2.75) is 6.92 Å². The van der Waals surface area contributed by atoms with Crippen molar-refractivity contribution in [3.8, 4) is 11.4 Å². The topological polar surface area (TPSA) is 143 Å². The fourth-order valence-electron chi connectivity index (χ4n) is 2.29. The first-order chi connectivity index (χ1) is 12.0. The molecule has 0 spiro atoms. The maximum Gasteiger partial charge on any atom is 0.223 e. The number of methoxy groups -OCH3 is 1. The number of nitrogens with zero attached hydrogens (tertiary/aromatic N) is 5. The molecule has 0 atom stereocenters. The summed E-state index contributed by atoms with van der Waals surface area (Å²) in [5, 5.41) is 8.96. The van der Waals surface area contributed by atoms with E-state index in [-0.39, 0.29) is 11.9 Å². The van der Waals surface area contributed by atoms with Crippen molar-refractivity contribution < 1.29 is 4.74 Å². The van der Waals surface area contributed by atoms with Crippen molar-refractivity contribution in [2.75, 3.05) is 7.11 Å². The molecule has 0 aliphatic rings. The summed E-state index contributed by atoms with van der Waals surface area (Å²) in [5.41, 5.74) is 20.0. The molecular weight excluding hydrogens is 320 g/mol. The Bertz CT molecular complexity index is 968. The van der Waals surface area contributed by atoms with Gasteiger partial charge in [-0.2, -0.15) is 9.79 Å². The van der Waals surface area contributed by atoms with Crippen LogP contribution >= 0.6 is 0 Å². The Kier molecular flexibility index (Phi) is 4.21. The number of ether oxygens (including phenoxy) is 1. The molecule has 0 aliphatic heterocycles. The molecule has 0 aliphatic carbocycles. The molecule has 3 aromatic rings. The second-order valence-corrected chi connectivity index (χ2v) is 5.32. The third-order valence-corrected chi connectivity index (χ3v) is 3.48. The average molecular weight is 338 g/mol. The van der Waals surface area contributed by atoms with Gasteiger partial charge in [0.2, 0.25) is 5.96 Å². The Balaban J connectivity index is 2.02. The fourth-order valence-corrected chi connectivity index (χ4v) is 2.29. The molecule has 9 heteroatoms. The monoisotopic (exact) mass is 338 g/mol. The van der Waals surface area contributed by atoms with Gasteiger partial charge in [0.05, 0.1) is 18.5 Å². The predicted molar refractivity (Wildman–Crippen MR) is 97.2 cm³/mol. The van der Waals surface area contributed by atoms with Crippen LogP contribution in [0.3, 0.4) is 0 Å². The third kappa shape index (κ3) is 3.50. The van der Waals surface area contributed by atoms with Gasteiger partial charge in [0.1, 0.15) is 16.8 Å². The van der Waals surface area contributed by atoms with Gasteiger partial charge >= 0.3 is 0 Å². The van der Waals surface area contributed by atoms with Gasteiger partial charge in [-0.05, 0) is 48.9 Å². The van der Waals surface area contributed by atoms with Crippen molar-refractivity contribution >= 4 is 28.6 Å². The standard InChI is InChI=1S/C16H18N8O/c1-9-7-13-14(8-12(9)20-16(19)21-15(17)18)23-24(22-13)10-3-5-11(25-2)6-4-10/h3-8H,1-2H3,(H6,17,18,19,20,21). The predicted octanol–water partition coefficient (Wildman–Crippen LogP) is 0.957. The summed E-state index contributed by atoms with van der Waals surface area (Å²) in [5.74, 6) is 0.596. The highest BCUT2D eigenvalue weighted by Gasteiger charge is 2.09. The van der Waals surface area contributed by atoms with Crippen molar-refractivity contribution in [3.63, 3.8) is 0 Å². The molecule has 3 rings (SSSR count). The number of aryl methyl sites for hydroxylation is 1. The quantitative estimate of drug-likeness (QED) is 0.479. The average Bonchev–Trinajstić information content (AvgIpc) is 2.97. The van der Waals surface area contributed by atoms with Crippen molar-refractivity contribution in [2.24, 2.45) is 27.2 Å². The van der Waals surface area contributed by atoms with Crippen LogP contribution in [0, 0.1) is 6.92 Å². The molecule has 2 aromatic carbocycles. The number of hydrogen-bond donors (Lipinski definition) is 3. The Morgan fingerprint density at radius 1 is 1.04 bits per heavy atom. The van der Waals surface area contributed by atoms with E-state index >= 15 is 0 Å². The van der Waals surface area contributed by atoms with Gasteiger partial charge in [-0.1, -0.05) is 0 Å². The summed E-state index contributed by atoms with van der Waals surface area (Å²) >= 11 is 0. The Hall–Kier alpha value is -3.62. The van der Waals surface area contributed by atoms with Crippen LogP contribution < -0.4 is 21.9 Å². The summed E-state index contributed by atoms with van der Waals surface area (Å²) in [4.78, 5) is 9.47. The molecule has 0 bridgehead atoms. The van der Waals surface area contributed by atoms with E-state index in [2.05, 4.69) is 20.2 Å². The minimum atomic E-state index is -0.148. The molecule has 0 saturated carbocycles. The molecule has 0 fully saturated rings. The van der Waals surface area contributed by atoms with Crippen LogP contribution in [0.2, 0.25) is 0 Å². The smallest absolute Gasteiger partial charge is 0.223 e. The first-order valence-corrected chi connectivity index (χ1v) is 7.42. The van der Waals surface area contributed by atoms with Crippen molar-refractivity contribution in [1.29, 1.82) is 0 Å². The molecule has 1 aromatic heterocycles. The van der Waals surface area contributed by atoms with E-state index < -0.39 is 0 Å². The van der Waals surface area contributed by atoms with Gasteiger partial charge < -0.3 is 21.9 Å². The minimum absolute atomic E-state index is 0.0232. The number of nitrogens with two attached hydrogens (primary N) is 3. The zero-order valence-corrected chi connectivity index (χ0v) is 13.8. The van der Waals surface area contributed by atoms with Crippen LogP contribution in [0.1, 0.15) is 5.56 Å². The molecule has 0 amide bonds. The highest BCUT2D eigenvalue weighted by atomic mass is 16.5. The van der Waals surface area contributed by atoms with E-state index in [0.717, 1.165) is 22.5 Å². The van der Waals surface area contributed by atoms with Crippen LogP contribution in [-0.4, -0.2) is 34.0 Å². The summed E-state index contributed by atoms with van der Waals surface area (Å²) in [6, 6.07) is 11.1. The van der Waals surface area contributed by atoms with Crippen molar-refractivity contribution in [3.05, 3.63) is 42.0 Å². The minimum Gasteiger partial charge on any atom is -0.497 e. The SMILES string of the molecule is COc1ccc(-n2nc3cc(C)c(N=C(N)N=C(N)N)cc3n2)cc1. The molecule has 1 heterocycles. The van der Waals surface area contributed by atoms with Crippen LogP contribution in [0.15, 0.2) is 46.4 Å². The second kappa shape index (κ2) is 6.48. The Labute approximate surface area is 143 Å². The third-order valence-electron chi connectivity index (χ3n) is 3.48. The number of benzene rings is 2. The molecule has 128 valence electrons. The second-order valence-electron chi connectivity index (χ2n) is 5.32. The van der Waals surface area contributed by atoms with E-state index in [9.17, 15) is 0 Å². The number of aliphatic imine (C=N–C) groups is 2. The van der Waals surface area contributed by atoms with E-state index in [1.165, 1.54) is 0 Å². The maximum absolute atomic E-state index is 5.69. The zero-order chi connectivity index (χ0) is 18.0. The van der Waals surface area contributed by atoms with Crippen molar-refractivity contribution in [1.82, 2.24) is 15.0 Å². The summed E-state index contributed by atoms with van der Waals surface area (Å²) in [6.07, 6.45) is 0. The molecule has 0 saturated heterocycles. The van der Waals surface area contributed by atoms with Gasteiger partial charge in [-0.15, -0.1) is 10.2 Å². The lowest BCUT2D eigenvalue weighted by Crippen LogP contribution is -2.26. The van der Waals surface area contributed by atoms with Gasteiger partial charge in [0, 0.05) is 0 Å². The molecule has 0 radical (unpaired) electrons. The lowest BCUT2D eigenvalue weighted by molar-refractivity contribution is 0.414. The number of aromatic nitrogens is 3. The number of guanidine groups is 2. The molecule has 6 N–H and O–H groups in total. The summed E-state index contributed by atoms with van der Waals surface area (Å²) in [7, 11) is 1.62. The first kappa shape index (κ1) is 16.2. The highest BCUT2D eigenvalue weighted by Crippen LogP contribution is 2.25. The van der Waals surface area contributed by atoms with Crippen LogP contribution in [-0.2, 0) is 0 Å². The lowest BCUT2D eigenvalue weighted by Gasteiger charge is -2.01. The Morgan fingerprint density at radius 3 is 2.28 bits per heavy atom. The van der Waals surface area contributed by atoms with E-state index in [1.807, 2.05) is 37.3 Å². The zero-order valence-electron chi connectivity index (χ0n) is 13.8. The number of fused-ring (bicyclic) bond motifs is 1. The first-order valence-electron chi connectivity index (χ1n) is 7.42. The van der Waals surface area contributed by atoms with E-state index in [1.54, 1.807) is 18.0 Å². The van der Waals surface area contributed by atoms with Crippen LogP contribution in [0.4, 0.5) is 5.69 Å². The van der Waals surface area contributed by atoms with E-state index in [0.29, 0.717) is 11.2 Å². The molecule has 9 nitrogen and oxygen atoms in total. The largest absolute Gasteiger partial charge is 0.497 e. The van der Waals surface area contributed by atoms with Gasteiger partial charge in [0.25, 0.3) is 0 Å². The van der Waals surface area contributed by atoms with Gasteiger partial charge in [-0.25, -0.2) is 4.99 Å². The maximum atomic E-state index is 5.69. The van der Waals surface area contributed by atoms with Crippen LogP contribution in [0.25, 0.3) is 16.7 Å². The van der Waals surface area contributed by atoms with Gasteiger partial charge in [0.15, 0.2) is 5.96 Å². The fraction of sp³-hybridized carbons (Fsp3) is 0.125. The molecule has 25 heavy (non-hydrogen) atoms.